The number of carbonyl (C=O) groups excluding carboxylic acids is 1. The number of aromatic hydroxyl groups is 1. The molecule has 0 aromatic heterocycles. The fourth-order valence-corrected chi connectivity index (χ4v) is 4.68. The first-order valence-electron chi connectivity index (χ1n) is 7.74. The van der Waals surface area contributed by atoms with Crippen LogP contribution >= 0.6 is 0 Å². The number of carbonyl (C=O) groups is 1. The van der Waals surface area contributed by atoms with Gasteiger partial charge in [0.05, 0.1) is 7.11 Å². The predicted octanol–water partition coefficient (Wildman–Crippen LogP) is 4.07. The normalized spacial score (nSPS) is 30.5. The lowest BCUT2D eigenvalue weighted by molar-refractivity contribution is 0.0367. The van der Waals surface area contributed by atoms with Crippen LogP contribution in [0, 0.1) is 11.3 Å². The number of Topliss-reactive ketones (excluding diaryl/α,β-unsaturated/α-hetero) is 1. The van der Waals surface area contributed by atoms with Crippen molar-refractivity contribution in [1.82, 2.24) is 0 Å². The number of hydrogen-bond acceptors (Lipinski definition) is 3. The van der Waals surface area contributed by atoms with Crippen LogP contribution < -0.4 is 4.74 Å². The molecule has 0 saturated heterocycles. The molecule has 0 heterocycles. The molecule has 1 aromatic rings. The lowest BCUT2D eigenvalue weighted by Gasteiger charge is -2.53. The number of ether oxygens (including phenoxy) is 1. The average molecular weight is 288 g/mol. The quantitative estimate of drug-likeness (QED) is 0.847. The fourth-order valence-electron chi connectivity index (χ4n) is 4.68. The fraction of sp³-hybridized carbons (Fsp3) is 0.611. The summed E-state index contributed by atoms with van der Waals surface area (Å²) in [6.07, 6.45) is 4.01. The van der Waals surface area contributed by atoms with Gasteiger partial charge in [-0.1, -0.05) is 27.2 Å². The monoisotopic (exact) mass is 288 g/mol. The van der Waals surface area contributed by atoms with Crippen molar-refractivity contribution < 1.29 is 14.6 Å². The lowest BCUT2D eigenvalue weighted by atomic mass is 9.50. The van der Waals surface area contributed by atoms with Crippen LogP contribution in [-0.2, 0) is 5.41 Å². The summed E-state index contributed by atoms with van der Waals surface area (Å²) in [7, 11) is 1.52. The van der Waals surface area contributed by atoms with Crippen LogP contribution in [0.4, 0.5) is 0 Å². The Morgan fingerprint density at radius 2 is 1.95 bits per heavy atom. The largest absolute Gasteiger partial charge is 0.504 e. The van der Waals surface area contributed by atoms with Gasteiger partial charge in [-0.3, -0.25) is 4.79 Å². The summed E-state index contributed by atoms with van der Waals surface area (Å²) in [4.78, 5) is 12.6. The highest BCUT2D eigenvalue weighted by molar-refractivity contribution is 6.00. The van der Waals surface area contributed by atoms with Crippen LogP contribution in [0.2, 0.25) is 0 Å². The Balaban J connectivity index is 2.20. The van der Waals surface area contributed by atoms with Gasteiger partial charge in [0.1, 0.15) is 0 Å². The van der Waals surface area contributed by atoms with Gasteiger partial charge >= 0.3 is 0 Å². The Kier molecular flexibility index (Phi) is 3.09. The molecule has 1 saturated carbocycles. The van der Waals surface area contributed by atoms with Gasteiger partial charge in [-0.15, -0.1) is 0 Å². The van der Waals surface area contributed by atoms with E-state index >= 15 is 0 Å². The maximum absolute atomic E-state index is 12.6. The lowest BCUT2D eigenvalue weighted by Crippen LogP contribution is -2.49. The first-order chi connectivity index (χ1) is 9.79. The number of fused-ring (bicyclic) bond motifs is 3. The van der Waals surface area contributed by atoms with Gasteiger partial charge in [-0.25, -0.2) is 0 Å². The topological polar surface area (TPSA) is 46.5 Å². The minimum absolute atomic E-state index is 0.0330. The molecule has 1 fully saturated rings. The molecule has 0 aliphatic heterocycles. The smallest absolute Gasteiger partial charge is 0.163 e. The summed E-state index contributed by atoms with van der Waals surface area (Å²) in [5.74, 6) is 1.04. The SMILES string of the molecule is COc1cc2c(cc1O)C1(C)CCCC(C)(C)C1CC2=O. The van der Waals surface area contributed by atoms with Gasteiger partial charge in [-0.2, -0.15) is 0 Å². The number of phenols is 1. The van der Waals surface area contributed by atoms with E-state index in [0.717, 1.165) is 24.0 Å². The summed E-state index contributed by atoms with van der Waals surface area (Å²) in [5, 5.41) is 10.2. The van der Waals surface area contributed by atoms with Gasteiger partial charge in [-0.05, 0) is 47.3 Å². The van der Waals surface area contributed by atoms with Crippen molar-refractivity contribution in [2.45, 2.75) is 51.9 Å². The zero-order valence-electron chi connectivity index (χ0n) is 13.3. The van der Waals surface area contributed by atoms with Crippen molar-refractivity contribution in [2.75, 3.05) is 7.11 Å². The van der Waals surface area contributed by atoms with Gasteiger partial charge in [0.2, 0.25) is 0 Å². The van der Waals surface area contributed by atoms with E-state index < -0.39 is 0 Å². The number of ketones is 1. The van der Waals surface area contributed by atoms with E-state index in [1.807, 2.05) is 0 Å². The molecular weight excluding hydrogens is 264 g/mol. The van der Waals surface area contributed by atoms with Crippen LogP contribution in [0.15, 0.2) is 12.1 Å². The Labute approximate surface area is 126 Å². The Morgan fingerprint density at radius 3 is 2.62 bits per heavy atom. The third kappa shape index (κ3) is 1.97. The predicted molar refractivity (Wildman–Crippen MR) is 82.1 cm³/mol. The van der Waals surface area contributed by atoms with Crippen molar-refractivity contribution in [1.29, 1.82) is 0 Å². The number of rotatable bonds is 1. The molecule has 3 rings (SSSR count). The van der Waals surface area contributed by atoms with E-state index in [-0.39, 0.29) is 22.4 Å². The molecule has 0 radical (unpaired) electrons. The molecule has 2 aliphatic carbocycles. The molecular formula is C18H24O3. The van der Waals surface area contributed by atoms with Crippen LogP contribution in [0.25, 0.3) is 0 Å². The maximum Gasteiger partial charge on any atom is 0.163 e. The van der Waals surface area contributed by atoms with Gasteiger partial charge < -0.3 is 9.84 Å². The summed E-state index contributed by atoms with van der Waals surface area (Å²) in [6.45, 7) is 6.81. The van der Waals surface area contributed by atoms with Crippen LogP contribution in [0.1, 0.15) is 62.4 Å². The van der Waals surface area contributed by atoms with Crippen molar-refractivity contribution in [2.24, 2.45) is 11.3 Å². The molecule has 2 aliphatic rings. The summed E-state index contributed by atoms with van der Waals surface area (Å²) in [5.41, 5.74) is 1.88. The minimum Gasteiger partial charge on any atom is -0.504 e. The van der Waals surface area contributed by atoms with Crippen LogP contribution in [-0.4, -0.2) is 18.0 Å². The molecule has 0 amide bonds. The van der Waals surface area contributed by atoms with Crippen LogP contribution in [0.5, 0.6) is 11.5 Å². The Hall–Kier alpha value is -1.51. The molecule has 3 heteroatoms. The van der Waals surface area contributed by atoms with E-state index in [0.29, 0.717) is 18.1 Å². The maximum atomic E-state index is 12.6. The summed E-state index contributed by atoms with van der Waals surface area (Å²) in [6, 6.07) is 3.48. The third-order valence-corrected chi connectivity index (χ3v) is 5.85. The number of hydrogen-bond donors (Lipinski definition) is 1. The number of methoxy groups -OCH3 is 1. The Bertz CT molecular complexity index is 603. The summed E-state index contributed by atoms with van der Waals surface area (Å²) < 4.78 is 5.17. The first-order valence-corrected chi connectivity index (χ1v) is 7.74. The van der Waals surface area contributed by atoms with E-state index in [9.17, 15) is 9.90 Å². The second kappa shape index (κ2) is 4.49. The highest BCUT2D eigenvalue weighted by atomic mass is 16.5. The van der Waals surface area contributed by atoms with Crippen molar-refractivity contribution in [3.8, 4) is 11.5 Å². The number of phenolic OH excluding ortho intramolecular Hbond substituents is 1. The van der Waals surface area contributed by atoms with Crippen molar-refractivity contribution >= 4 is 5.78 Å². The molecule has 1 aromatic carbocycles. The van der Waals surface area contributed by atoms with Crippen LogP contribution in [0.3, 0.4) is 0 Å². The second-order valence-corrected chi connectivity index (χ2v) is 7.51. The molecule has 0 spiro atoms. The molecule has 0 bridgehead atoms. The van der Waals surface area contributed by atoms with Crippen molar-refractivity contribution in [3.05, 3.63) is 23.3 Å². The van der Waals surface area contributed by atoms with E-state index in [2.05, 4.69) is 20.8 Å². The number of benzene rings is 1. The van der Waals surface area contributed by atoms with Gasteiger partial charge in [0.15, 0.2) is 17.3 Å². The molecule has 2 atom stereocenters. The zero-order valence-corrected chi connectivity index (χ0v) is 13.3. The average Bonchev–Trinajstić information content (AvgIpc) is 2.41. The molecule has 1 N–H and O–H groups in total. The highest BCUT2D eigenvalue weighted by Gasteiger charge is 2.52. The minimum atomic E-state index is -0.0330. The Morgan fingerprint density at radius 1 is 1.24 bits per heavy atom. The molecule has 21 heavy (non-hydrogen) atoms. The molecule has 3 nitrogen and oxygen atoms in total. The third-order valence-electron chi connectivity index (χ3n) is 5.85. The highest BCUT2D eigenvalue weighted by Crippen LogP contribution is 2.57. The van der Waals surface area contributed by atoms with Gasteiger partial charge in [0, 0.05) is 12.0 Å². The van der Waals surface area contributed by atoms with E-state index in [1.54, 1.807) is 12.1 Å². The van der Waals surface area contributed by atoms with E-state index in [4.69, 9.17) is 4.74 Å². The summed E-state index contributed by atoms with van der Waals surface area (Å²) >= 11 is 0. The molecule has 2 unspecified atom stereocenters. The van der Waals surface area contributed by atoms with Gasteiger partial charge in [0.25, 0.3) is 0 Å². The molecule has 114 valence electrons. The standard InChI is InChI=1S/C18H24O3/c1-17(2)6-5-7-18(3)12-9-14(20)15(21-4)8-11(12)13(19)10-16(17)18/h8-9,16,20H,5-7,10H2,1-4H3. The van der Waals surface area contributed by atoms with E-state index in [1.165, 1.54) is 13.5 Å². The first kappa shape index (κ1) is 14.4. The second-order valence-electron chi connectivity index (χ2n) is 7.51. The zero-order chi connectivity index (χ0) is 15.4. The van der Waals surface area contributed by atoms with Crippen molar-refractivity contribution in [3.63, 3.8) is 0 Å².